The van der Waals surface area contributed by atoms with E-state index in [9.17, 15) is 9.90 Å². The molecule has 0 fully saturated rings. The van der Waals surface area contributed by atoms with E-state index in [-0.39, 0.29) is 5.91 Å². The summed E-state index contributed by atoms with van der Waals surface area (Å²) >= 11 is 4.70. The Morgan fingerprint density at radius 1 is 1.42 bits per heavy atom. The maximum Gasteiger partial charge on any atom is 0.271 e. The van der Waals surface area contributed by atoms with Gasteiger partial charge in [-0.1, -0.05) is 28.1 Å². The van der Waals surface area contributed by atoms with E-state index in [0.29, 0.717) is 5.69 Å². The topological polar surface area (TPSA) is 62.2 Å². The maximum atomic E-state index is 11.8. The molecular formula is C13H13BrN2O2S. The number of hydrogen-bond acceptors (Lipinski definition) is 4. The molecule has 100 valence electrons. The first kappa shape index (κ1) is 14.2. The van der Waals surface area contributed by atoms with E-state index < -0.39 is 12.1 Å². The summed E-state index contributed by atoms with van der Waals surface area (Å²) in [4.78, 5) is 15.8. The lowest BCUT2D eigenvalue weighted by Gasteiger charge is -2.20. The van der Waals surface area contributed by atoms with Crippen LogP contribution in [-0.4, -0.2) is 22.0 Å². The third-order valence-corrected chi connectivity index (χ3v) is 3.82. The van der Waals surface area contributed by atoms with Crippen molar-refractivity contribution in [3.05, 3.63) is 50.9 Å². The maximum absolute atomic E-state index is 11.8. The predicted octanol–water partition coefficient (Wildman–Crippen LogP) is 2.76. The van der Waals surface area contributed by atoms with E-state index in [1.54, 1.807) is 17.8 Å². The van der Waals surface area contributed by atoms with Crippen LogP contribution in [0.15, 0.2) is 39.6 Å². The highest BCUT2D eigenvalue weighted by molar-refractivity contribution is 9.10. The van der Waals surface area contributed by atoms with Gasteiger partial charge in [-0.05, 0) is 24.6 Å². The fourth-order valence-corrected chi connectivity index (χ4v) is 2.43. The first-order valence-corrected chi connectivity index (χ1v) is 7.44. The van der Waals surface area contributed by atoms with Crippen molar-refractivity contribution < 1.29 is 9.90 Å². The standard InChI is InChI=1S/C13H13BrN2O2S/c1-8(16-13(18)11-6-19-7-15-11)12(17)9-2-4-10(14)5-3-9/h2-8,12,17H,1H3,(H,16,18). The molecular weight excluding hydrogens is 328 g/mol. The zero-order valence-corrected chi connectivity index (χ0v) is 12.6. The second kappa shape index (κ2) is 6.27. The molecule has 2 atom stereocenters. The number of benzene rings is 1. The van der Waals surface area contributed by atoms with E-state index in [0.717, 1.165) is 10.0 Å². The van der Waals surface area contributed by atoms with Crippen molar-refractivity contribution in [1.82, 2.24) is 10.3 Å². The average Bonchev–Trinajstić information content (AvgIpc) is 2.92. The van der Waals surface area contributed by atoms with Gasteiger partial charge in [0, 0.05) is 9.85 Å². The second-order valence-electron chi connectivity index (χ2n) is 4.13. The van der Waals surface area contributed by atoms with Crippen molar-refractivity contribution in [2.45, 2.75) is 19.1 Å². The van der Waals surface area contributed by atoms with Crippen LogP contribution in [0.5, 0.6) is 0 Å². The lowest BCUT2D eigenvalue weighted by molar-refractivity contribution is 0.0848. The normalized spacial score (nSPS) is 13.8. The molecule has 0 radical (unpaired) electrons. The van der Waals surface area contributed by atoms with Crippen LogP contribution in [-0.2, 0) is 0 Å². The third kappa shape index (κ3) is 3.62. The molecule has 2 N–H and O–H groups in total. The van der Waals surface area contributed by atoms with Crippen LogP contribution in [0.4, 0.5) is 0 Å². The van der Waals surface area contributed by atoms with Crippen LogP contribution >= 0.6 is 27.3 Å². The van der Waals surface area contributed by atoms with Crippen molar-refractivity contribution in [2.75, 3.05) is 0 Å². The van der Waals surface area contributed by atoms with Crippen molar-refractivity contribution in [1.29, 1.82) is 0 Å². The van der Waals surface area contributed by atoms with Gasteiger partial charge in [0.05, 0.1) is 17.7 Å². The van der Waals surface area contributed by atoms with Gasteiger partial charge >= 0.3 is 0 Å². The van der Waals surface area contributed by atoms with Gasteiger partial charge in [-0.2, -0.15) is 0 Å². The minimum absolute atomic E-state index is 0.273. The molecule has 1 amide bonds. The van der Waals surface area contributed by atoms with Gasteiger partial charge in [0.2, 0.25) is 0 Å². The van der Waals surface area contributed by atoms with Crippen LogP contribution in [0.1, 0.15) is 29.1 Å². The summed E-state index contributed by atoms with van der Waals surface area (Å²) in [5.41, 5.74) is 2.74. The number of rotatable bonds is 4. The zero-order chi connectivity index (χ0) is 13.8. The summed E-state index contributed by atoms with van der Waals surface area (Å²) < 4.78 is 0.947. The highest BCUT2D eigenvalue weighted by atomic mass is 79.9. The Morgan fingerprint density at radius 3 is 2.68 bits per heavy atom. The van der Waals surface area contributed by atoms with Crippen LogP contribution in [0.2, 0.25) is 0 Å². The monoisotopic (exact) mass is 340 g/mol. The van der Waals surface area contributed by atoms with Crippen LogP contribution in [0.25, 0.3) is 0 Å². The Morgan fingerprint density at radius 2 is 2.11 bits per heavy atom. The van der Waals surface area contributed by atoms with Gasteiger partial charge in [-0.25, -0.2) is 4.98 Å². The minimum atomic E-state index is -0.754. The zero-order valence-electron chi connectivity index (χ0n) is 10.2. The number of thiazole rings is 1. The molecule has 0 aliphatic heterocycles. The molecule has 0 aliphatic carbocycles. The SMILES string of the molecule is CC(NC(=O)c1cscn1)C(O)c1ccc(Br)cc1. The molecule has 2 rings (SSSR count). The van der Waals surface area contributed by atoms with E-state index >= 15 is 0 Å². The van der Waals surface area contributed by atoms with Crippen LogP contribution in [0, 0.1) is 0 Å². The predicted molar refractivity (Wildman–Crippen MR) is 78.1 cm³/mol. The smallest absolute Gasteiger partial charge is 0.271 e. The molecule has 1 aromatic heterocycles. The first-order valence-electron chi connectivity index (χ1n) is 5.70. The molecule has 6 heteroatoms. The molecule has 2 unspecified atom stereocenters. The number of halogens is 1. The quantitative estimate of drug-likeness (QED) is 0.899. The lowest BCUT2D eigenvalue weighted by Crippen LogP contribution is -2.37. The molecule has 0 saturated heterocycles. The van der Waals surface area contributed by atoms with Crippen molar-refractivity contribution in [3.63, 3.8) is 0 Å². The molecule has 0 bridgehead atoms. The third-order valence-electron chi connectivity index (χ3n) is 2.71. The molecule has 0 aliphatic rings. The Balaban J connectivity index is 2.01. The fraction of sp³-hybridized carbons (Fsp3) is 0.231. The van der Waals surface area contributed by atoms with Crippen LogP contribution in [0.3, 0.4) is 0 Å². The summed E-state index contributed by atoms with van der Waals surface area (Å²) in [7, 11) is 0. The van der Waals surface area contributed by atoms with Gasteiger partial charge in [0.15, 0.2) is 0 Å². The molecule has 1 heterocycles. The first-order chi connectivity index (χ1) is 9.08. The molecule has 4 nitrogen and oxygen atoms in total. The minimum Gasteiger partial charge on any atom is -0.386 e. The number of aliphatic hydroxyl groups excluding tert-OH is 1. The summed E-state index contributed by atoms with van der Waals surface area (Å²) in [6, 6.07) is 6.96. The molecule has 0 spiro atoms. The lowest BCUT2D eigenvalue weighted by atomic mass is 10.0. The number of aromatic nitrogens is 1. The summed E-state index contributed by atoms with van der Waals surface area (Å²) in [6.45, 7) is 1.76. The summed E-state index contributed by atoms with van der Waals surface area (Å²) in [5.74, 6) is -0.273. The van der Waals surface area contributed by atoms with Crippen molar-refractivity contribution in [2.24, 2.45) is 0 Å². The number of nitrogens with one attached hydrogen (secondary N) is 1. The number of hydrogen-bond donors (Lipinski definition) is 2. The Labute approximate surface area is 123 Å². The molecule has 19 heavy (non-hydrogen) atoms. The Hall–Kier alpha value is -1.24. The van der Waals surface area contributed by atoms with Crippen LogP contribution < -0.4 is 5.32 Å². The van der Waals surface area contributed by atoms with Crippen molar-refractivity contribution >= 4 is 33.2 Å². The van der Waals surface area contributed by atoms with E-state index in [4.69, 9.17) is 0 Å². The van der Waals surface area contributed by atoms with Gasteiger partial charge in [-0.3, -0.25) is 4.79 Å². The van der Waals surface area contributed by atoms with Gasteiger partial charge in [0.1, 0.15) is 5.69 Å². The Kier molecular flexibility index (Phi) is 4.68. The van der Waals surface area contributed by atoms with Crippen molar-refractivity contribution in [3.8, 4) is 0 Å². The second-order valence-corrected chi connectivity index (χ2v) is 5.77. The Bertz CT molecular complexity index is 542. The molecule has 1 aromatic carbocycles. The van der Waals surface area contributed by atoms with Gasteiger partial charge in [0.25, 0.3) is 5.91 Å². The van der Waals surface area contributed by atoms with E-state index in [2.05, 4.69) is 26.2 Å². The molecule has 0 saturated carbocycles. The number of nitrogens with zero attached hydrogens (tertiary/aromatic N) is 1. The summed E-state index contributed by atoms with van der Waals surface area (Å²) in [6.07, 6.45) is -0.754. The van der Waals surface area contributed by atoms with Gasteiger partial charge < -0.3 is 10.4 Å². The number of carbonyl (C=O) groups is 1. The highest BCUT2D eigenvalue weighted by Crippen LogP contribution is 2.19. The number of aliphatic hydroxyl groups is 1. The molecule has 2 aromatic rings. The summed E-state index contributed by atoms with van der Waals surface area (Å²) in [5, 5.41) is 14.6. The largest absolute Gasteiger partial charge is 0.386 e. The number of carbonyl (C=O) groups excluding carboxylic acids is 1. The van der Waals surface area contributed by atoms with E-state index in [1.165, 1.54) is 11.3 Å². The van der Waals surface area contributed by atoms with E-state index in [1.807, 2.05) is 24.3 Å². The average molecular weight is 341 g/mol. The fourth-order valence-electron chi connectivity index (χ4n) is 1.63. The highest BCUT2D eigenvalue weighted by Gasteiger charge is 2.19. The number of amides is 1. The van der Waals surface area contributed by atoms with Gasteiger partial charge in [-0.15, -0.1) is 11.3 Å².